The summed E-state index contributed by atoms with van der Waals surface area (Å²) in [4.78, 5) is 12.3. The second-order valence-electron chi connectivity index (χ2n) is 6.50. The lowest BCUT2D eigenvalue weighted by Gasteiger charge is -2.38. The van der Waals surface area contributed by atoms with Crippen molar-refractivity contribution in [1.29, 1.82) is 0 Å². The standard InChI is InChI=1S/C21H24Cl2O4/c1-4-14(2)13-27-21(19(24)20(25)26-3,15-5-9-17(22)10-6-15)16-7-11-18(23)12-8-16/h5-12,14,19,24H,4,13H2,1-3H3/t14-,19+/m0/s1. The predicted molar refractivity (Wildman–Crippen MR) is 107 cm³/mol. The molecule has 2 aromatic rings. The van der Waals surface area contributed by atoms with E-state index in [1.807, 2.05) is 6.92 Å². The van der Waals surface area contributed by atoms with Crippen molar-refractivity contribution < 1.29 is 19.4 Å². The predicted octanol–water partition coefficient (Wildman–Crippen LogP) is 4.83. The molecule has 146 valence electrons. The lowest BCUT2D eigenvalue weighted by molar-refractivity contribution is -0.172. The number of carbonyl (C=O) groups excluding carboxylic acids is 1. The Labute approximate surface area is 170 Å². The number of hydrogen-bond acceptors (Lipinski definition) is 4. The molecule has 0 bridgehead atoms. The van der Waals surface area contributed by atoms with Crippen LogP contribution in [0.15, 0.2) is 48.5 Å². The molecule has 1 N–H and O–H groups in total. The molecule has 0 aliphatic rings. The quantitative estimate of drug-likeness (QED) is 0.632. The molecule has 2 rings (SSSR count). The summed E-state index contributed by atoms with van der Waals surface area (Å²) < 4.78 is 11.1. The average molecular weight is 411 g/mol. The molecule has 0 aromatic heterocycles. The first-order valence-corrected chi connectivity index (χ1v) is 9.52. The monoisotopic (exact) mass is 410 g/mol. The molecule has 0 radical (unpaired) electrons. The van der Waals surface area contributed by atoms with Gasteiger partial charge in [0.1, 0.15) is 0 Å². The summed E-state index contributed by atoms with van der Waals surface area (Å²) >= 11 is 12.1. The van der Waals surface area contributed by atoms with Gasteiger partial charge in [-0.25, -0.2) is 4.79 Å². The number of hydrogen-bond donors (Lipinski definition) is 1. The lowest BCUT2D eigenvalue weighted by Crippen LogP contribution is -2.49. The van der Waals surface area contributed by atoms with Crippen LogP contribution in [0.4, 0.5) is 0 Å². The van der Waals surface area contributed by atoms with Crippen molar-refractivity contribution in [2.75, 3.05) is 13.7 Å². The van der Waals surface area contributed by atoms with Gasteiger partial charge in [-0.3, -0.25) is 0 Å². The third kappa shape index (κ3) is 4.82. The number of carbonyl (C=O) groups is 1. The maximum atomic E-state index is 12.3. The molecule has 0 aliphatic carbocycles. The van der Waals surface area contributed by atoms with Gasteiger partial charge in [0.05, 0.1) is 13.7 Å². The van der Waals surface area contributed by atoms with E-state index in [4.69, 9.17) is 32.7 Å². The first-order chi connectivity index (χ1) is 12.8. The summed E-state index contributed by atoms with van der Waals surface area (Å²) in [6.45, 7) is 4.44. The van der Waals surface area contributed by atoms with Crippen LogP contribution in [0.2, 0.25) is 10.0 Å². The fourth-order valence-electron chi connectivity index (χ4n) is 2.79. The van der Waals surface area contributed by atoms with Gasteiger partial charge in [-0.15, -0.1) is 0 Å². The molecule has 0 fully saturated rings. The summed E-state index contributed by atoms with van der Waals surface area (Å²) in [5, 5.41) is 12.1. The molecule has 27 heavy (non-hydrogen) atoms. The average Bonchev–Trinajstić information content (AvgIpc) is 2.69. The fourth-order valence-corrected chi connectivity index (χ4v) is 3.04. The van der Waals surface area contributed by atoms with Gasteiger partial charge >= 0.3 is 5.97 Å². The van der Waals surface area contributed by atoms with Crippen molar-refractivity contribution in [3.05, 3.63) is 69.7 Å². The summed E-state index contributed by atoms with van der Waals surface area (Å²) in [6.07, 6.45) is -0.681. The summed E-state index contributed by atoms with van der Waals surface area (Å²) in [7, 11) is 1.23. The maximum absolute atomic E-state index is 12.3. The van der Waals surface area contributed by atoms with Crippen molar-refractivity contribution >= 4 is 29.2 Å². The Morgan fingerprint density at radius 2 is 1.48 bits per heavy atom. The molecule has 0 spiro atoms. The van der Waals surface area contributed by atoms with Crippen LogP contribution >= 0.6 is 23.2 Å². The summed E-state index contributed by atoms with van der Waals surface area (Å²) in [6, 6.07) is 13.7. The highest BCUT2D eigenvalue weighted by Gasteiger charge is 2.47. The number of ether oxygens (including phenoxy) is 2. The Morgan fingerprint density at radius 3 is 1.85 bits per heavy atom. The van der Waals surface area contributed by atoms with Crippen LogP contribution < -0.4 is 0 Å². The highest BCUT2D eigenvalue weighted by atomic mass is 35.5. The third-order valence-electron chi connectivity index (χ3n) is 4.65. The minimum absolute atomic E-state index is 0.230. The van der Waals surface area contributed by atoms with Gasteiger partial charge in [0, 0.05) is 10.0 Å². The van der Waals surface area contributed by atoms with Gasteiger partial charge in [0.2, 0.25) is 0 Å². The van der Waals surface area contributed by atoms with Crippen molar-refractivity contribution in [2.45, 2.75) is 32.0 Å². The molecular formula is C21H24Cl2O4. The van der Waals surface area contributed by atoms with E-state index in [-0.39, 0.29) is 5.92 Å². The smallest absolute Gasteiger partial charge is 0.338 e. The summed E-state index contributed by atoms with van der Waals surface area (Å²) in [5.41, 5.74) is -0.267. The van der Waals surface area contributed by atoms with E-state index >= 15 is 0 Å². The molecule has 0 saturated carbocycles. The lowest BCUT2D eigenvalue weighted by atomic mass is 9.81. The van der Waals surface area contributed by atoms with Crippen molar-refractivity contribution in [3.8, 4) is 0 Å². The van der Waals surface area contributed by atoms with Gasteiger partial charge in [-0.05, 0) is 41.3 Å². The fraction of sp³-hybridized carbons (Fsp3) is 0.381. The van der Waals surface area contributed by atoms with Gasteiger partial charge in [0.15, 0.2) is 11.7 Å². The van der Waals surface area contributed by atoms with Gasteiger partial charge in [0.25, 0.3) is 0 Å². The Bertz CT molecular complexity index is 698. The van der Waals surface area contributed by atoms with E-state index in [2.05, 4.69) is 6.92 Å². The number of aliphatic hydroxyl groups is 1. The minimum Gasteiger partial charge on any atom is -0.467 e. The Morgan fingerprint density at radius 1 is 1.04 bits per heavy atom. The van der Waals surface area contributed by atoms with Gasteiger partial charge < -0.3 is 14.6 Å². The van der Waals surface area contributed by atoms with E-state index in [9.17, 15) is 9.90 Å². The van der Waals surface area contributed by atoms with E-state index in [1.54, 1.807) is 48.5 Å². The molecule has 0 amide bonds. The largest absolute Gasteiger partial charge is 0.467 e. The zero-order valence-corrected chi connectivity index (χ0v) is 17.1. The number of esters is 1. The van der Waals surface area contributed by atoms with E-state index in [1.165, 1.54) is 7.11 Å². The molecule has 6 heteroatoms. The Hall–Kier alpha value is -1.59. The molecule has 0 saturated heterocycles. The highest BCUT2D eigenvalue weighted by molar-refractivity contribution is 6.30. The van der Waals surface area contributed by atoms with Crippen LogP contribution in [-0.4, -0.2) is 30.9 Å². The van der Waals surface area contributed by atoms with Crippen molar-refractivity contribution in [3.63, 3.8) is 0 Å². The first kappa shape index (κ1) is 21.7. The van der Waals surface area contributed by atoms with Crippen LogP contribution in [0.5, 0.6) is 0 Å². The second-order valence-corrected chi connectivity index (χ2v) is 7.37. The van der Waals surface area contributed by atoms with Crippen molar-refractivity contribution in [1.82, 2.24) is 0 Å². The van der Waals surface area contributed by atoms with Crippen molar-refractivity contribution in [2.24, 2.45) is 5.92 Å². The second kappa shape index (κ2) is 9.56. The van der Waals surface area contributed by atoms with Crippen LogP contribution in [0.3, 0.4) is 0 Å². The number of halogens is 2. The number of methoxy groups -OCH3 is 1. The topological polar surface area (TPSA) is 55.8 Å². The molecule has 0 unspecified atom stereocenters. The molecule has 0 heterocycles. The molecule has 0 aliphatic heterocycles. The Kier molecular flexibility index (Phi) is 7.68. The Balaban J connectivity index is 2.68. The molecule has 2 aromatic carbocycles. The molecular weight excluding hydrogens is 387 g/mol. The first-order valence-electron chi connectivity index (χ1n) is 8.77. The van der Waals surface area contributed by atoms with Crippen LogP contribution in [0.1, 0.15) is 31.4 Å². The van der Waals surface area contributed by atoms with Gasteiger partial charge in [-0.2, -0.15) is 0 Å². The number of benzene rings is 2. The third-order valence-corrected chi connectivity index (χ3v) is 5.15. The van der Waals surface area contributed by atoms with E-state index < -0.39 is 17.7 Å². The van der Waals surface area contributed by atoms with Crippen LogP contribution in [-0.2, 0) is 19.9 Å². The van der Waals surface area contributed by atoms with E-state index in [0.717, 1.165) is 6.42 Å². The zero-order valence-electron chi connectivity index (χ0n) is 15.6. The highest BCUT2D eigenvalue weighted by Crippen LogP contribution is 2.39. The maximum Gasteiger partial charge on any atom is 0.338 e. The van der Waals surface area contributed by atoms with Crippen LogP contribution in [0.25, 0.3) is 0 Å². The zero-order chi connectivity index (χ0) is 20.0. The van der Waals surface area contributed by atoms with Crippen LogP contribution in [0, 0.1) is 5.92 Å². The summed E-state index contributed by atoms with van der Waals surface area (Å²) in [5.74, 6) is -0.558. The normalized spacial score (nSPS) is 13.9. The van der Waals surface area contributed by atoms with E-state index in [0.29, 0.717) is 27.8 Å². The van der Waals surface area contributed by atoms with Gasteiger partial charge in [-0.1, -0.05) is 67.7 Å². The molecule has 2 atom stereocenters. The number of aliphatic hydroxyl groups excluding tert-OH is 1. The SMILES string of the molecule is CC[C@H](C)COC(c1ccc(Cl)cc1)(c1ccc(Cl)cc1)[C@H](O)C(=O)OC. The minimum atomic E-state index is -1.58. The molecule has 4 nitrogen and oxygen atoms in total. The number of rotatable bonds is 8.